The van der Waals surface area contributed by atoms with Crippen molar-refractivity contribution in [2.24, 2.45) is 5.84 Å². The molecule has 4 N–H and O–H groups in total. The van der Waals surface area contributed by atoms with Crippen LogP contribution in [0.25, 0.3) is 17.1 Å². The van der Waals surface area contributed by atoms with Crippen LogP contribution in [0.1, 0.15) is 5.56 Å². The number of ether oxygens (including phenoxy) is 1. The number of nitrogens with two attached hydrogens (primary N) is 1. The molecule has 3 rings (SSSR count). The van der Waals surface area contributed by atoms with Crippen LogP contribution >= 0.6 is 0 Å². The van der Waals surface area contributed by atoms with Crippen LogP contribution in [0, 0.1) is 5.41 Å². The summed E-state index contributed by atoms with van der Waals surface area (Å²) in [6.07, 6.45) is 3.24. The molecule has 0 aliphatic carbocycles. The number of nitrogens with zero attached hydrogens (tertiary/aromatic N) is 4. The summed E-state index contributed by atoms with van der Waals surface area (Å²) >= 11 is 0. The van der Waals surface area contributed by atoms with E-state index < -0.39 is 5.56 Å². The second-order valence-corrected chi connectivity index (χ2v) is 5.94. The molecule has 0 amide bonds. The van der Waals surface area contributed by atoms with E-state index in [1.54, 1.807) is 70.0 Å². The van der Waals surface area contributed by atoms with Gasteiger partial charge in [-0.25, -0.2) is 10.8 Å². The first-order valence-electron chi connectivity index (χ1n) is 8.45. The van der Waals surface area contributed by atoms with E-state index >= 15 is 0 Å². The van der Waals surface area contributed by atoms with Crippen LogP contribution in [0.15, 0.2) is 53.6 Å². The molecule has 0 atom stereocenters. The monoisotopic (exact) mass is 379 g/mol. The normalized spacial score (nSPS) is 10.4. The third-order valence-corrected chi connectivity index (χ3v) is 4.17. The minimum absolute atomic E-state index is 0.0705. The number of aromatic nitrogens is 3. The Morgan fingerprint density at radius 3 is 2.39 bits per heavy atom. The molecule has 0 aliphatic rings. The van der Waals surface area contributed by atoms with Crippen molar-refractivity contribution in [3.63, 3.8) is 0 Å². The molecule has 0 radical (unpaired) electrons. The highest BCUT2D eigenvalue weighted by molar-refractivity contribution is 6.00. The van der Waals surface area contributed by atoms with Gasteiger partial charge < -0.3 is 10.1 Å². The Labute approximate surface area is 161 Å². The maximum atomic E-state index is 13.5. The van der Waals surface area contributed by atoms with Crippen molar-refractivity contribution in [2.75, 3.05) is 26.2 Å². The van der Waals surface area contributed by atoms with Crippen molar-refractivity contribution >= 4 is 11.7 Å². The van der Waals surface area contributed by atoms with E-state index in [4.69, 9.17) is 16.0 Å². The number of pyridine rings is 1. The summed E-state index contributed by atoms with van der Waals surface area (Å²) in [5, 5.41) is 12.1. The number of rotatable bonds is 5. The molecule has 0 fully saturated rings. The number of methoxy groups -OCH3 is 1. The Balaban J connectivity index is 2.39. The molecular formula is C19H21N7O2. The first-order valence-corrected chi connectivity index (χ1v) is 8.45. The van der Waals surface area contributed by atoms with Gasteiger partial charge in [-0.05, 0) is 36.4 Å². The molecule has 144 valence electrons. The summed E-state index contributed by atoms with van der Waals surface area (Å²) in [6.45, 7) is 0. The summed E-state index contributed by atoms with van der Waals surface area (Å²) in [4.78, 5) is 22.1. The van der Waals surface area contributed by atoms with E-state index in [9.17, 15) is 4.79 Å². The van der Waals surface area contributed by atoms with Gasteiger partial charge in [0.15, 0.2) is 5.82 Å². The Morgan fingerprint density at radius 2 is 1.86 bits per heavy atom. The van der Waals surface area contributed by atoms with E-state index in [1.165, 1.54) is 9.58 Å². The highest BCUT2D eigenvalue weighted by atomic mass is 16.5. The van der Waals surface area contributed by atoms with Gasteiger partial charge in [-0.1, -0.05) is 0 Å². The smallest absolute Gasteiger partial charge is 0.271 e. The zero-order valence-corrected chi connectivity index (χ0v) is 15.8. The summed E-state index contributed by atoms with van der Waals surface area (Å²) in [5.41, 5.74) is 0.926. The Kier molecular flexibility index (Phi) is 5.37. The third-order valence-electron chi connectivity index (χ3n) is 4.17. The van der Waals surface area contributed by atoms with Gasteiger partial charge in [0.2, 0.25) is 0 Å². The lowest BCUT2D eigenvalue weighted by Gasteiger charge is -2.21. The Hall–Kier alpha value is -3.72. The molecule has 0 spiro atoms. The van der Waals surface area contributed by atoms with Gasteiger partial charge in [0.25, 0.3) is 5.56 Å². The summed E-state index contributed by atoms with van der Waals surface area (Å²) < 4.78 is 6.65. The average Bonchev–Trinajstić information content (AvgIpc) is 2.73. The van der Waals surface area contributed by atoms with Crippen LogP contribution in [0.3, 0.4) is 0 Å². The number of amidine groups is 1. The van der Waals surface area contributed by atoms with Crippen LogP contribution in [-0.2, 0) is 0 Å². The quantitative estimate of drug-likeness (QED) is 0.263. The molecule has 0 aliphatic heterocycles. The van der Waals surface area contributed by atoms with Gasteiger partial charge >= 0.3 is 0 Å². The van der Waals surface area contributed by atoms with Crippen LogP contribution in [0.2, 0.25) is 0 Å². The maximum absolute atomic E-state index is 13.5. The van der Waals surface area contributed by atoms with Crippen LogP contribution < -0.4 is 26.5 Å². The predicted molar refractivity (Wildman–Crippen MR) is 108 cm³/mol. The van der Waals surface area contributed by atoms with Crippen molar-refractivity contribution in [2.45, 2.75) is 0 Å². The molecule has 28 heavy (non-hydrogen) atoms. The number of hydrazine groups is 1. The van der Waals surface area contributed by atoms with Crippen molar-refractivity contribution in [3.8, 4) is 22.8 Å². The maximum Gasteiger partial charge on any atom is 0.271 e. The minimum atomic E-state index is -0.418. The minimum Gasteiger partial charge on any atom is -0.497 e. The fourth-order valence-corrected chi connectivity index (χ4v) is 2.77. The van der Waals surface area contributed by atoms with E-state index in [2.05, 4.69) is 15.3 Å². The molecule has 0 saturated heterocycles. The highest BCUT2D eigenvalue weighted by Crippen LogP contribution is 2.24. The molecule has 9 heteroatoms. The first kappa shape index (κ1) is 19.1. The standard InChI is InChI=1S/C19H21N7O2/c1-22-16(20)15-18(25(2)21)24-17(12-8-10-23-11-9-12)26(19(15)27)13-4-6-14(28-3)7-5-13/h4-11H,21H2,1-3H3,(H2,20,22). The van der Waals surface area contributed by atoms with E-state index in [0.29, 0.717) is 22.8 Å². The van der Waals surface area contributed by atoms with E-state index in [0.717, 1.165) is 0 Å². The fraction of sp³-hybridized carbons (Fsp3) is 0.158. The van der Waals surface area contributed by atoms with Crippen molar-refractivity contribution < 1.29 is 4.74 Å². The second kappa shape index (κ2) is 7.89. The molecule has 0 unspecified atom stereocenters. The zero-order valence-electron chi connectivity index (χ0n) is 15.8. The molecule has 2 aromatic heterocycles. The van der Waals surface area contributed by atoms with Crippen LogP contribution in [0.4, 0.5) is 5.82 Å². The van der Waals surface area contributed by atoms with Crippen molar-refractivity contribution in [3.05, 3.63) is 64.7 Å². The summed E-state index contributed by atoms with van der Waals surface area (Å²) in [5.74, 6) is 7.09. The number of hydrogen-bond donors (Lipinski definition) is 3. The molecule has 9 nitrogen and oxygen atoms in total. The van der Waals surface area contributed by atoms with Crippen LogP contribution in [0.5, 0.6) is 5.75 Å². The molecule has 3 aromatic rings. The zero-order chi connectivity index (χ0) is 20.3. The van der Waals surface area contributed by atoms with Gasteiger partial charge in [0, 0.05) is 32.1 Å². The summed E-state index contributed by atoms with van der Waals surface area (Å²) in [7, 11) is 4.71. The fourth-order valence-electron chi connectivity index (χ4n) is 2.77. The molecule has 1 aromatic carbocycles. The molecule has 0 saturated carbocycles. The van der Waals surface area contributed by atoms with Gasteiger partial charge in [-0.15, -0.1) is 0 Å². The van der Waals surface area contributed by atoms with E-state index in [-0.39, 0.29) is 17.2 Å². The highest BCUT2D eigenvalue weighted by Gasteiger charge is 2.23. The number of benzene rings is 1. The Bertz CT molecular complexity index is 1040. The van der Waals surface area contributed by atoms with Gasteiger partial charge in [0.05, 0.1) is 12.8 Å². The topological polar surface area (TPSA) is 122 Å². The summed E-state index contributed by atoms with van der Waals surface area (Å²) in [6, 6.07) is 10.5. The first-order chi connectivity index (χ1) is 13.5. The second-order valence-electron chi connectivity index (χ2n) is 5.94. The Morgan fingerprint density at radius 1 is 1.21 bits per heavy atom. The number of anilines is 1. The predicted octanol–water partition coefficient (Wildman–Crippen LogP) is 1.16. The lowest BCUT2D eigenvalue weighted by molar-refractivity contribution is 0.414. The molecular weight excluding hydrogens is 358 g/mol. The van der Waals surface area contributed by atoms with E-state index in [1.807, 2.05) is 0 Å². The largest absolute Gasteiger partial charge is 0.497 e. The SMILES string of the molecule is CNC(=N)c1c(N(C)N)nc(-c2ccncc2)n(-c2ccc(OC)cc2)c1=O. The molecule has 2 heterocycles. The van der Waals surface area contributed by atoms with Crippen molar-refractivity contribution in [1.82, 2.24) is 19.9 Å². The number of nitrogens with one attached hydrogen (secondary N) is 2. The lowest BCUT2D eigenvalue weighted by atomic mass is 10.2. The van der Waals surface area contributed by atoms with Crippen LogP contribution in [-0.4, -0.2) is 41.6 Å². The lowest BCUT2D eigenvalue weighted by Crippen LogP contribution is -2.38. The molecule has 0 bridgehead atoms. The van der Waals surface area contributed by atoms with Gasteiger partial charge in [-0.2, -0.15) is 0 Å². The third kappa shape index (κ3) is 3.42. The van der Waals surface area contributed by atoms with Gasteiger partial charge in [-0.3, -0.25) is 24.8 Å². The van der Waals surface area contributed by atoms with Gasteiger partial charge in [0.1, 0.15) is 23.0 Å². The van der Waals surface area contributed by atoms with Crippen molar-refractivity contribution in [1.29, 1.82) is 5.41 Å². The average molecular weight is 379 g/mol. The number of hydrogen-bond acceptors (Lipinski definition) is 7.